The molecule has 0 radical (unpaired) electrons. The summed E-state index contributed by atoms with van der Waals surface area (Å²) in [4.78, 5) is 35.2. The van der Waals surface area contributed by atoms with Crippen molar-refractivity contribution in [1.82, 2.24) is 0 Å². The van der Waals surface area contributed by atoms with Gasteiger partial charge in [0.05, 0.1) is 5.60 Å². The highest BCUT2D eigenvalue weighted by Gasteiger charge is 2.49. The summed E-state index contributed by atoms with van der Waals surface area (Å²) in [6.45, 7) is 5.42. The first-order valence-electron chi connectivity index (χ1n) is 7.58. The van der Waals surface area contributed by atoms with Gasteiger partial charge >= 0.3 is 0 Å². The quantitative estimate of drug-likeness (QED) is 0.633. The topological polar surface area (TPSA) is 105 Å². The second kappa shape index (κ2) is 6.59. The van der Waals surface area contributed by atoms with Crippen LogP contribution in [0.15, 0.2) is 54.1 Å². The summed E-state index contributed by atoms with van der Waals surface area (Å²) in [7, 11) is 0. The van der Waals surface area contributed by atoms with Crippen LogP contribution < -0.4 is 11.5 Å². The molecule has 0 fully saturated rings. The highest BCUT2D eigenvalue weighted by molar-refractivity contribution is 6.00. The second-order valence-electron chi connectivity index (χ2n) is 6.62. The number of benzene rings is 1. The van der Waals surface area contributed by atoms with Crippen molar-refractivity contribution in [2.24, 2.45) is 17.4 Å². The zero-order chi connectivity index (χ0) is 18.0. The van der Waals surface area contributed by atoms with Crippen LogP contribution in [0.25, 0.3) is 0 Å². The van der Waals surface area contributed by atoms with E-state index in [0.717, 1.165) is 0 Å². The van der Waals surface area contributed by atoms with Crippen LogP contribution in [0.4, 0.5) is 0 Å². The van der Waals surface area contributed by atoms with Gasteiger partial charge in [-0.2, -0.15) is 0 Å². The number of rotatable bonds is 5. The van der Waals surface area contributed by atoms with Crippen molar-refractivity contribution in [3.05, 3.63) is 59.7 Å². The first-order chi connectivity index (χ1) is 11.2. The average Bonchev–Trinajstić information content (AvgIpc) is 2.52. The molecule has 6 nitrogen and oxygen atoms in total. The lowest BCUT2D eigenvalue weighted by Gasteiger charge is -2.39. The van der Waals surface area contributed by atoms with E-state index in [4.69, 9.17) is 21.2 Å². The van der Waals surface area contributed by atoms with Crippen LogP contribution in [0.1, 0.15) is 26.3 Å². The molecule has 0 bridgehead atoms. The molecule has 24 heavy (non-hydrogen) atoms. The van der Waals surface area contributed by atoms with Gasteiger partial charge in [0, 0.05) is 5.57 Å². The van der Waals surface area contributed by atoms with Gasteiger partial charge in [0.2, 0.25) is 11.8 Å². The van der Waals surface area contributed by atoms with Crippen molar-refractivity contribution in [3.8, 4) is 0 Å². The van der Waals surface area contributed by atoms with Crippen LogP contribution in [0, 0.1) is 5.92 Å². The van der Waals surface area contributed by atoms with E-state index in [9.17, 15) is 9.59 Å². The standard InChI is InChI=1S/C18H22N2O4/c1-17(2,3)23-24-18(12-8-5-4-6-9-12)11-7-10-13(15(19)21)14(18)16(20)22/h4-11,14H,1-3H3,(H2,19,21)(H2,20,22). The van der Waals surface area contributed by atoms with Crippen LogP contribution in [0.2, 0.25) is 0 Å². The van der Waals surface area contributed by atoms with Crippen molar-refractivity contribution >= 4 is 11.8 Å². The van der Waals surface area contributed by atoms with E-state index in [1.165, 1.54) is 6.08 Å². The predicted octanol–water partition coefficient (Wildman–Crippen LogP) is 1.71. The van der Waals surface area contributed by atoms with Gasteiger partial charge in [-0.15, -0.1) is 0 Å². The lowest BCUT2D eigenvalue weighted by molar-refractivity contribution is -0.403. The van der Waals surface area contributed by atoms with Gasteiger partial charge in [0.1, 0.15) is 5.92 Å². The monoisotopic (exact) mass is 330 g/mol. The molecule has 4 N–H and O–H groups in total. The summed E-state index contributed by atoms with van der Waals surface area (Å²) in [6.07, 6.45) is 4.73. The first-order valence-corrected chi connectivity index (χ1v) is 7.58. The molecule has 2 unspecified atom stereocenters. The molecule has 0 heterocycles. The number of amides is 2. The molecule has 0 aliphatic heterocycles. The summed E-state index contributed by atoms with van der Waals surface area (Å²) < 4.78 is 0. The maximum atomic E-state index is 12.2. The largest absolute Gasteiger partial charge is 0.369 e. The van der Waals surface area contributed by atoms with Crippen molar-refractivity contribution in [2.75, 3.05) is 0 Å². The highest BCUT2D eigenvalue weighted by atomic mass is 17.2. The summed E-state index contributed by atoms with van der Waals surface area (Å²) in [5.41, 5.74) is 9.71. The lowest BCUT2D eigenvalue weighted by atomic mass is 9.73. The molecule has 1 aromatic carbocycles. The molecule has 1 aromatic rings. The minimum Gasteiger partial charge on any atom is -0.369 e. The number of carbonyl (C=O) groups is 2. The minimum absolute atomic E-state index is 0.0753. The van der Waals surface area contributed by atoms with Gasteiger partial charge in [-0.1, -0.05) is 42.5 Å². The molecule has 0 saturated carbocycles. The Morgan fingerprint density at radius 1 is 1.12 bits per heavy atom. The number of nitrogens with two attached hydrogens (primary N) is 2. The fraction of sp³-hybridized carbons (Fsp3) is 0.333. The summed E-state index contributed by atoms with van der Waals surface area (Å²) in [6, 6.07) is 8.97. The van der Waals surface area contributed by atoms with Crippen LogP contribution >= 0.6 is 0 Å². The van der Waals surface area contributed by atoms with Crippen molar-refractivity contribution in [1.29, 1.82) is 0 Å². The van der Waals surface area contributed by atoms with Crippen molar-refractivity contribution in [3.63, 3.8) is 0 Å². The Morgan fingerprint density at radius 2 is 1.75 bits per heavy atom. The summed E-state index contributed by atoms with van der Waals surface area (Å²) in [5, 5.41) is 0. The molecule has 128 valence electrons. The van der Waals surface area contributed by atoms with Crippen LogP contribution in [-0.2, 0) is 25.0 Å². The van der Waals surface area contributed by atoms with E-state index in [-0.39, 0.29) is 5.57 Å². The molecule has 2 amide bonds. The fourth-order valence-corrected chi connectivity index (χ4v) is 2.59. The Hall–Kier alpha value is -2.44. The third-order valence-electron chi connectivity index (χ3n) is 3.58. The first kappa shape index (κ1) is 17.9. The van der Waals surface area contributed by atoms with Gasteiger partial charge in [-0.3, -0.25) is 9.59 Å². The Balaban J connectivity index is 2.60. The van der Waals surface area contributed by atoms with Gasteiger partial charge in [-0.05, 0) is 32.4 Å². The van der Waals surface area contributed by atoms with E-state index in [1.807, 2.05) is 26.8 Å². The molecular weight excluding hydrogens is 308 g/mol. The molecule has 0 aromatic heterocycles. The van der Waals surface area contributed by atoms with Crippen molar-refractivity contribution in [2.45, 2.75) is 32.0 Å². The number of primary amides is 2. The molecule has 0 saturated heterocycles. The molecule has 2 atom stereocenters. The van der Waals surface area contributed by atoms with Gasteiger partial charge in [0.15, 0.2) is 5.60 Å². The zero-order valence-electron chi connectivity index (χ0n) is 14.0. The normalized spacial score (nSPS) is 23.6. The van der Waals surface area contributed by atoms with E-state index in [0.29, 0.717) is 5.56 Å². The highest BCUT2D eigenvalue weighted by Crippen LogP contribution is 2.42. The number of hydrogen-bond acceptors (Lipinski definition) is 4. The van der Waals surface area contributed by atoms with E-state index in [2.05, 4.69) is 0 Å². The van der Waals surface area contributed by atoms with E-state index < -0.39 is 28.9 Å². The molecule has 6 heteroatoms. The molecule has 1 aliphatic carbocycles. The number of hydrogen-bond donors (Lipinski definition) is 2. The van der Waals surface area contributed by atoms with Gasteiger partial charge in [0.25, 0.3) is 0 Å². The minimum atomic E-state index is -1.38. The number of carbonyl (C=O) groups excluding carboxylic acids is 2. The predicted molar refractivity (Wildman–Crippen MR) is 89.1 cm³/mol. The Morgan fingerprint density at radius 3 is 2.25 bits per heavy atom. The third-order valence-corrected chi connectivity index (χ3v) is 3.58. The molecule has 2 rings (SSSR count). The van der Waals surface area contributed by atoms with Crippen LogP contribution in [-0.4, -0.2) is 17.4 Å². The Bertz CT molecular complexity index is 689. The Kier molecular flexibility index (Phi) is 4.91. The molecular formula is C18H22N2O4. The van der Waals surface area contributed by atoms with E-state index in [1.54, 1.807) is 36.4 Å². The van der Waals surface area contributed by atoms with Gasteiger partial charge in [-0.25, -0.2) is 9.78 Å². The Labute approximate surface area is 141 Å². The number of allylic oxidation sites excluding steroid dienone is 2. The smallest absolute Gasteiger partial charge is 0.245 e. The molecule has 0 spiro atoms. The average molecular weight is 330 g/mol. The van der Waals surface area contributed by atoms with E-state index >= 15 is 0 Å². The SMILES string of the molecule is CC(C)(C)OOC1(c2ccccc2)C=CC=C(C(N)=O)C1C(N)=O. The van der Waals surface area contributed by atoms with Crippen molar-refractivity contribution < 1.29 is 19.4 Å². The second-order valence-corrected chi connectivity index (χ2v) is 6.62. The zero-order valence-corrected chi connectivity index (χ0v) is 14.0. The van der Waals surface area contributed by atoms with Crippen LogP contribution in [0.5, 0.6) is 0 Å². The fourth-order valence-electron chi connectivity index (χ4n) is 2.59. The lowest BCUT2D eigenvalue weighted by Crippen LogP contribution is -2.49. The third kappa shape index (κ3) is 3.55. The molecule has 1 aliphatic rings. The van der Waals surface area contributed by atoms with Crippen LogP contribution in [0.3, 0.4) is 0 Å². The summed E-state index contributed by atoms with van der Waals surface area (Å²) >= 11 is 0. The maximum absolute atomic E-state index is 12.2. The van der Waals surface area contributed by atoms with Gasteiger partial charge < -0.3 is 11.5 Å². The maximum Gasteiger partial charge on any atom is 0.245 e. The summed E-state index contributed by atoms with van der Waals surface area (Å²) in [5.74, 6) is -2.57.